The second kappa shape index (κ2) is 10.6. The van der Waals surface area contributed by atoms with Crippen molar-refractivity contribution in [3.8, 4) is 5.75 Å². The first-order valence-electron chi connectivity index (χ1n) is 12.6. The summed E-state index contributed by atoms with van der Waals surface area (Å²) >= 11 is 1.88. The van der Waals surface area contributed by atoms with Crippen molar-refractivity contribution in [1.29, 1.82) is 0 Å². The van der Waals surface area contributed by atoms with E-state index in [4.69, 9.17) is 9.26 Å². The standard InChI is InChI=1S/C27H37N3O2S/c1-29(2)18-24-26(31-19-21-5-6-21)10-8-23-25(28-32-27(23)24)9-7-20-11-14-30(15-12-20)16-13-22-4-3-17-33-22/h3-4,8,10,17,20-21H,5-7,9,11-16,18-19H2,1-2H3. The fourth-order valence-corrected chi connectivity index (χ4v) is 5.63. The number of likely N-dealkylation sites (tertiary alicyclic amines) is 1. The molecule has 6 heteroatoms. The Kier molecular flexibility index (Phi) is 7.34. The number of fused-ring (bicyclic) bond motifs is 1. The fraction of sp³-hybridized carbons (Fsp3) is 0.593. The summed E-state index contributed by atoms with van der Waals surface area (Å²) in [5, 5.41) is 7.86. The number of thiophene rings is 1. The molecule has 1 aliphatic carbocycles. The van der Waals surface area contributed by atoms with Crippen molar-refractivity contribution in [3.05, 3.63) is 45.8 Å². The summed E-state index contributed by atoms with van der Waals surface area (Å²) in [5.41, 5.74) is 3.16. The molecule has 2 fully saturated rings. The zero-order valence-electron chi connectivity index (χ0n) is 20.1. The first-order chi connectivity index (χ1) is 16.2. The third kappa shape index (κ3) is 5.97. The predicted octanol–water partition coefficient (Wildman–Crippen LogP) is 5.63. The highest BCUT2D eigenvalue weighted by atomic mass is 32.1. The lowest BCUT2D eigenvalue weighted by atomic mass is 9.91. The molecular weight excluding hydrogens is 430 g/mol. The van der Waals surface area contributed by atoms with Crippen molar-refractivity contribution in [2.45, 2.75) is 51.5 Å². The second-order valence-electron chi connectivity index (χ2n) is 10.2. The third-order valence-electron chi connectivity index (χ3n) is 7.17. The summed E-state index contributed by atoms with van der Waals surface area (Å²) in [6.45, 7) is 5.27. The van der Waals surface area contributed by atoms with Crippen LogP contribution in [0.2, 0.25) is 0 Å². The summed E-state index contributed by atoms with van der Waals surface area (Å²) in [6, 6.07) is 8.71. The van der Waals surface area contributed by atoms with Gasteiger partial charge < -0.3 is 19.1 Å². The Hall–Kier alpha value is -1.89. The highest BCUT2D eigenvalue weighted by molar-refractivity contribution is 7.09. The molecule has 0 N–H and O–H groups in total. The van der Waals surface area contributed by atoms with Crippen molar-refractivity contribution in [3.63, 3.8) is 0 Å². The highest BCUT2D eigenvalue weighted by Gasteiger charge is 2.24. The monoisotopic (exact) mass is 467 g/mol. The molecule has 0 atom stereocenters. The molecule has 1 aliphatic heterocycles. The third-order valence-corrected chi connectivity index (χ3v) is 8.11. The lowest BCUT2D eigenvalue weighted by Crippen LogP contribution is -2.35. The number of hydrogen-bond donors (Lipinski definition) is 0. The number of nitrogens with zero attached hydrogens (tertiary/aromatic N) is 3. The quantitative estimate of drug-likeness (QED) is 0.366. The number of aromatic nitrogens is 1. The van der Waals surface area contributed by atoms with Crippen molar-refractivity contribution in [2.24, 2.45) is 11.8 Å². The van der Waals surface area contributed by atoms with Gasteiger partial charge in [0, 0.05) is 23.4 Å². The molecule has 5 nitrogen and oxygen atoms in total. The van der Waals surface area contributed by atoms with E-state index in [1.165, 1.54) is 68.4 Å². The Morgan fingerprint density at radius 2 is 1.94 bits per heavy atom. The smallest absolute Gasteiger partial charge is 0.175 e. The largest absolute Gasteiger partial charge is 0.493 e. The average Bonchev–Trinajstić information content (AvgIpc) is 3.32. The van der Waals surface area contributed by atoms with Gasteiger partial charge in [-0.15, -0.1) is 11.3 Å². The van der Waals surface area contributed by atoms with Crippen LogP contribution >= 0.6 is 11.3 Å². The molecule has 3 aromatic rings. The van der Waals surface area contributed by atoms with Crippen LogP contribution in [0.25, 0.3) is 11.0 Å². The molecule has 0 unspecified atom stereocenters. The number of benzene rings is 1. The SMILES string of the molecule is CN(C)Cc1c(OCC2CC2)ccc2c(CCC3CCN(CCc4cccs4)CC3)noc12. The number of hydrogen-bond acceptors (Lipinski definition) is 6. The van der Waals surface area contributed by atoms with Crippen LogP contribution in [0.15, 0.2) is 34.2 Å². The van der Waals surface area contributed by atoms with Gasteiger partial charge in [-0.1, -0.05) is 11.2 Å². The lowest BCUT2D eigenvalue weighted by Gasteiger charge is -2.31. The van der Waals surface area contributed by atoms with Crippen LogP contribution in [0.1, 0.15) is 48.2 Å². The minimum atomic E-state index is 0.736. The molecule has 3 heterocycles. The molecular formula is C27H37N3O2S. The minimum Gasteiger partial charge on any atom is -0.493 e. The van der Waals surface area contributed by atoms with E-state index in [-0.39, 0.29) is 0 Å². The van der Waals surface area contributed by atoms with Gasteiger partial charge in [0.1, 0.15) is 5.75 Å². The first-order valence-corrected chi connectivity index (χ1v) is 13.5. The van der Waals surface area contributed by atoms with E-state index in [0.29, 0.717) is 0 Å². The molecule has 0 radical (unpaired) electrons. The Balaban J connectivity index is 1.17. The number of rotatable bonds is 11. The van der Waals surface area contributed by atoms with Gasteiger partial charge in [0.25, 0.3) is 0 Å². The van der Waals surface area contributed by atoms with Crippen molar-refractivity contribution >= 4 is 22.3 Å². The normalized spacial score (nSPS) is 17.9. The molecule has 33 heavy (non-hydrogen) atoms. The van der Waals surface area contributed by atoms with Crippen molar-refractivity contribution in [2.75, 3.05) is 40.3 Å². The zero-order chi connectivity index (χ0) is 22.6. The number of ether oxygens (including phenoxy) is 1. The Labute approximate surface area is 201 Å². The second-order valence-corrected chi connectivity index (χ2v) is 11.2. The predicted molar refractivity (Wildman–Crippen MR) is 135 cm³/mol. The van der Waals surface area contributed by atoms with Gasteiger partial charge in [-0.2, -0.15) is 0 Å². The number of aryl methyl sites for hydroxylation is 1. The fourth-order valence-electron chi connectivity index (χ4n) is 4.93. The van der Waals surface area contributed by atoms with Gasteiger partial charge in [-0.05, 0) is 108 Å². The molecule has 2 aromatic heterocycles. The van der Waals surface area contributed by atoms with Crippen LogP contribution in [-0.4, -0.2) is 55.3 Å². The Bertz CT molecular complexity index is 1020. The van der Waals surface area contributed by atoms with E-state index in [0.717, 1.165) is 54.0 Å². The van der Waals surface area contributed by atoms with Gasteiger partial charge in [0.05, 0.1) is 17.9 Å². The van der Waals surface area contributed by atoms with Crippen LogP contribution in [0.3, 0.4) is 0 Å². The van der Waals surface area contributed by atoms with Gasteiger partial charge in [-0.3, -0.25) is 0 Å². The maximum Gasteiger partial charge on any atom is 0.175 e. The Morgan fingerprint density at radius 1 is 1.09 bits per heavy atom. The summed E-state index contributed by atoms with van der Waals surface area (Å²) < 4.78 is 12.1. The number of piperidine rings is 1. The molecule has 5 rings (SSSR count). The molecule has 1 saturated carbocycles. The van der Waals surface area contributed by atoms with Gasteiger partial charge in [-0.25, -0.2) is 0 Å². The van der Waals surface area contributed by atoms with Gasteiger partial charge in [0.2, 0.25) is 0 Å². The molecule has 1 aromatic carbocycles. The average molecular weight is 468 g/mol. The maximum atomic E-state index is 6.17. The molecule has 2 aliphatic rings. The van der Waals surface area contributed by atoms with Gasteiger partial charge >= 0.3 is 0 Å². The van der Waals surface area contributed by atoms with E-state index >= 15 is 0 Å². The van der Waals surface area contributed by atoms with E-state index in [1.807, 2.05) is 11.3 Å². The van der Waals surface area contributed by atoms with Crippen LogP contribution in [0, 0.1) is 11.8 Å². The minimum absolute atomic E-state index is 0.736. The van der Waals surface area contributed by atoms with Crippen LogP contribution in [-0.2, 0) is 19.4 Å². The summed E-state index contributed by atoms with van der Waals surface area (Å²) in [6.07, 6.45) is 8.57. The lowest BCUT2D eigenvalue weighted by molar-refractivity contribution is 0.181. The van der Waals surface area contributed by atoms with E-state index in [9.17, 15) is 0 Å². The molecule has 0 amide bonds. The van der Waals surface area contributed by atoms with Crippen LogP contribution in [0.4, 0.5) is 0 Å². The van der Waals surface area contributed by atoms with E-state index in [1.54, 1.807) is 0 Å². The highest BCUT2D eigenvalue weighted by Crippen LogP contribution is 2.35. The van der Waals surface area contributed by atoms with E-state index < -0.39 is 0 Å². The summed E-state index contributed by atoms with van der Waals surface area (Å²) in [5.74, 6) is 2.48. The van der Waals surface area contributed by atoms with Crippen molar-refractivity contribution in [1.82, 2.24) is 15.0 Å². The van der Waals surface area contributed by atoms with Gasteiger partial charge in [0.15, 0.2) is 5.58 Å². The molecule has 0 spiro atoms. The summed E-state index contributed by atoms with van der Waals surface area (Å²) in [4.78, 5) is 6.32. The van der Waals surface area contributed by atoms with Crippen LogP contribution in [0.5, 0.6) is 5.75 Å². The van der Waals surface area contributed by atoms with Crippen LogP contribution < -0.4 is 4.74 Å². The van der Waals surface area contributed by atoms with Crippen molar-refractivity contribution < 1.29 is 9.26 Å². The Morgan fingerprint density at radius 3 is 2.67 bits per heavy atom. The topological polar surface area (TPSA) is 41.7 Å². The van der Waals surface area contributed by atoms with E-state index in [2.05, 4.69) is 58.7 Å². The molecule has 0 bridgehead atoms. The molecule has 1 saturated heterocycles. The molecule has 178 valence electrons. The first kappa shape index (κ1) is 22.9. The maximum absolute atomic E-state index is 6.17. The zero-order valence-corrected chi connectivity index (χ0v) is 20.9. The summed E-state index contributed by atoms with van der Waals surface area (Å²) in [7, 11) is 4.18.